The number of aromatic hydroxyl groups is 1. The number of carbonyl (C=O) groups is 2. The first kappa shape index (κ1) is 27.2. The molecule has 3 aromatic rings. The number of nitrogens with zero attached hydrogens (tertiary/aromatic N) is 2. The van der Waals surface area contributed by atoms with Gasteiger partial charge in [0.15, 0.2) is 17.2 Å². The lowest BCUT2D eigenvalue weighted by Crippen LogP contribution is -2.48. The summed E-state index contributed by atoms with van der Waals surface area (Å²) in [6.45, 7) is 4.99. The van der Waals surface area contributed by atoms with Crippen LogP contribution in [0, 0.1) is 0 Å². The number of methoxy groups -OCH3 is 4. The monoisotopic (exact) mass is 514 g/mol. The van der Waals surface area contributed by atoms with Crippen molar-refractivity contribution in [3.63, 3.8) is 0 Å². The first-order valence-electron chi connectivity index (χ1n) is 11.2. The fourth-order valence-corrected chi connectivity index (χ4v) is 3.91. The summed E-state index contributed by atoms with van der Waals surface area (Å²) in [5, 5.41) is 11.6. The molecule has 0 aliphatic carbocycles. The highest BCUT2D eigenvalue weighted by molar-refractivity contribution is 6.09. The average Bonchev–Trinajstić information content (AvgIpc) is 2.85. The van der Waals surface area contributed by atoms with Crippen LogP contribution in [-0.4, -0.2) is 62.9 Å². The van der Waals surface area contributed by atoms with Gasteiger partial charge >= 0.3 is 12.1 Å². The number of carbonyl (C=O) groups excluding carboxylic acids is 2. The van der Waals surface area contributed by atoms with Crippen LogP contribution in [0.25, 0.3) is 21.9 Å². The number of pyridine rings is 1. The number of aromatic nitrogens is 1. The molecule has 0 bridgehead atoms. The largest absolute Gasteiger partial charge is 0.507 e. The highest BCUT2D eigenvalue weighted by Gasteiger charge is 2.31. The molecule has 0 fully saturated rings. The highest BCUT2D eigenvalue weighted by Crippen LogP contribution is 2.44. The molecule has 0 radical (unpaired) electrons. The van der Waals surface area contributed by atoms with Crippen molar-refractivity contribution in [1.82, 2.24) is 4.68 Å². The molecule has 3 rings (SSSR count). The Kier molecular flexibility index (Phi) is 7.56. The van der Waals surface area contributed by atoms with E-state index in [1.54, 1.807) is 39.0 Å². The maximum Gasteiger partial charge on any atom is 0.429 e. The number of esters is 1. The van der Waals surface area contributed by atoms with E-state index in [0.29, 0.717) is 11.3 Å². The fraction of sp³-hybridized carbons (Fsp3) is 0.346. The van der Waals surface area contributed by atoms with Gasteiger partial charge in [0.05, 0.1) is 33.8 Å². The van der Waals surface area contributed by atoms with E-state index >= 15 is 0 Å². The third-order valence-electron chi connectivity index (χ3n) is 5.46. The van der Waals surface area contributed by atoms with Gasteiger partial charge in [0.25, 0.3) is 5.56 Å². The number of ether oxygens (including phenoxy) is 5. The van der Waals surface area contributed by atoms with Crippen LogP contribution in [0.15, 0.2) is 35.1 Å². The lowest BCUT2D eigenvalue weighted by Gasteiger charge is -2.28. The summed E-state index contributed by atoms with van der Waals surface area (Å²) in [6.07, 6.45) is -0.912. The number of amides is 1. The number of fused-ring (bicyclic) bond motifs is 1. The summed E-state index contributed by atoms with van der Waals surface area (Å²) >= 11 is 0. The van der Waals surface area contributed by atoms with E-state index in [1.165, 1.54) is 40.5 Å². The van der Waals surface area contributed by atoms with E-state index in [4.69, 9.17) is 23.7 Å². The second-order valence-electron chi connectivity index (χ2n) is 8.95. The zero-order valence-corrected chi connectivity index (χ0v) is 22.0. The van der Waals surface area contributed by atoms with Crippen molar-refractivity contribution in [3.05, 3.63) is 46.4 Å². The Morgan fingerprint density at radius 1 is 0.973 bits per heavy atom. The number of phenols is 1. The fourth-order valence-electron chi connectivity index (χ4n) is 3.91. The molecule has 0 atom stereocenters. The van der Waals surface area contributed by atoms with Crippen LogP contribution in [0.4, 0.5) is 4.79 Å². The maximum atomic E-state index is 13.7. The Morgan fingerprint density at radius 3 is 2.05 bits per heavy atom. The topological polar surface area (TPSA) is 126 Å². The number of hydrogen-bond donors (Lipinski definition) is 1. The molecule has 0 saturated heterocycles. The van der Waals surface area contributed by atoms with Crippen LogP contribution in [0.5, 0.6) is 23.0 Å². The SMILES string of the molecule is COC(=O)c1c(-c2cc(OC)c(OC)c(OC)c2)c2cccc(O)c2c(=O)n1N(C)C(=O)OC(C)(C)C. The summed E-state index contributed by atoms with van der Waals surface area (Å²) in [4.78, 5) is 40.0. The number of benzene rings is 2. The van der Waals surface area contributed by atoms with Gasteiger partial charge in [-0.3, -0.25) is 4.79 Å². The molecule has 37 heavy (non-hydrogen) atoms. The van der Waals surface area contributed by atoms with Crippen molar-refractivity contribution in [2.45, 2.75) is 26.4 Å². The van der Waals surface area contributed by atoms with E-state index in [-0.39, 0.29) is 39.3 Å². The standard InChI is InChI=1S/C26H30N2O9/c1-26(2,3)37-25(32)27(4)28-21(24(31)36-8)19(15-10-9-11-16(29)20(15)23(28)30)14-12-17(33-5)22(35-7)18(13-14)34-6/h9-13,29H,1-8H3. The van der Waals surface area contributed by atoms with Gasteiger partial charge in [0.1, 0.15) is 11.4 Å². The third-order valence-corrected chi connectivity index (χ3v) is 5.46. The molecule has 0 unspecified atom stereocenters. The van der Waals surface area contributed by atoms with Crippen LogP contribution in [0.2, 0.25) is 0 Å². The van der Waals surface area contributed by atoms with Crippen molar-refractivity contribution in [1.29, 1.82) is 0 Å². The van der Waals surface area contributed by atoms with Crippen molar-refractivity contribution < 1.29 is 38.4 Å². The number of hydrogen-bond acceptors (Lipinski definition) is 9. The molecule has 0 saturated carbocycles. The highest BCUT2D eigenvalue weighted by atomic mass is 16.6. The van der Waals surface area contributed by atoms with Crippen LogP contribution in [-0.2, 0) is 9.47 Å². The van der Waals surface area contributed by atoms with E-state index in [9.17, 15) is 19.5 Å². The van der Waals surface area contributed by atoms with Crippen molar-refractivity contribution >= 4 is 22.8 Å². The minimum absolute atomic E-state index is 0.130. The molecule has 11 nitrogen and oxygen atoms in total. The minimum Gasteiger partial charge on any atom is -0.507 e. The zero-order chi connectivity index (χ0) is 27.7. The Morgan fingerprint density at radius 2 is 1.57 bits per heavy atom. The van der Waals surface area contributed by atoms with Crippen molar-refractivity contribution in [2.24, 2.45) is 0 Å². The lowest BCUT2D eigenvalue weighted by molar-refractivity contribution is 0.0534. The molecule has 1 amide bonds. The summed E-state index contributed by atoms with van der Waals surface area (Å²) in [7, 11) is 6.74. The van der Waals surface area contributed by atoms with Crippen molar-refractivity contribution in [3.8, 4) is 34.1 Å². The van der Waals surface area contributed by atoms with Gasteiger partial charge in [-0.15, -0.1) is 0 Å². The van der Waals surface area contributed by atoms with E-state index in [2.05, 4.69) is 0 Å². The lowest BCUT2D eigenvalue weighted by atomic mass is 9.95. The first-order chi connectivity index (χ1) is 17.4. The van der Waals surface area contributed by atoms with Crippen LogP contribution < -0.4 is 24.8 Å². The van der Waals surface area contributed by atoms with Gasteiger partial charge < -0.3 is 28.8 Å². The van der Waals surface area contributed by atoms with Gasteiger partial charge in [-0.2, -0.15) is 0 Å². The molecule has 2 aromatic carbocycles. The third kappa shape index (κ3) is 4.97. The Labute approximate surface area is 213 Å². The van der Waals surface area contributed by atoms with Gasteiger partial charge in [0.2, 0.25) is 5.75 Å². The average molecular weight is 515 g/mol. The quantitative estimate of drug-likeness (QED) is 0.490. The molecule has 1 N–H and O–H groups in total. The van der Waals surface area contributed by atoms with Gasteiger partial charge in [-0.25, -0.2) is 19.3 Å². The van der Waals surface area contributed by atoms with Crippen LogP contribution >= 0.6 is 0 Å². The molecular formula is C26H30N2O9. The molecule has 0 spiro atoms. The molecular weight excluding hydrogens is 484 g/mol. The molecule has 0 aliphatic heterocycles. The molecule has 0 aliphatic rings. The second-order valence-corrected chi connectivity index (χ2v) is 8.95. The first-order valence-corrected chi connectivity index (χ1v) is 11.2. The maximum absolute atomic E-state index is 13.7. The molecule has 11 heteroatoms. The van der Waals surface area contributed by atoms with E-state index in [0.717, 1.165) is 16.8 Å². The minimum atomic E-state index is -0.915. The summed E-state index contributed by atoms with van der Waals surface area (Å²) in [6, 6.07) is 7.59. The molecule has 1 heterocycles. The predicted octanol–water partition coefficient (Wildman–Crippen LogP) is 3.69. The van der Waals surface area contributed by atoms with Crippen LogP contribution in [0.3, 0.4) is 0 Å². The normalized spacial score (nSPS) is 11.1. The number of phenolic OH excluding ortho intramolecular Hbond substituents is 1. The Hall–Kier alpha value is -4.41. The predicted molar refractivity (Wildman–Crippen MR) is 137 cm³/mol. The molecule has 1 aromatic heterocycles. The summed E-state index contributed by atoms with van der Waals surface area (Å²) in [5.41, 5.74) is -1.48. The summed E-state index contributed by atoms with van der Waals surface area (Å²) in [5.74, 6) is -0.404. The van der Waals surface area contributed by atoms with Gasteiger partial charge in [-0.1, -0.05) is 12.1 Å². The second kappa shape index (κ2) is 10.3. The molecule has 198 valence electrons. The summed E-state index contributed by atoms with van der Waals surface area (Å²) < 4.78 is 27.6. The van der Waals surface area contributed by atoms with E-state index < -0.39 is 23.2 Å². The van der Waals surface area contributed by atoms with Crippen LogP contribution in [0.1, 0.15) is 31.3 Å². The smallest absolute Gasteiger partial charge is 0.429 e. The zero-order valence-electron chi connectivity index (χ0n) is 22.0. The Balaban J connectivity index is 2.56. The van der Waals surface area contributed by atoms with Gasteiger partial charge in [0, 0.05) is 18.0 Å². The number of rotatable bonds is 6. The van der Waals surface area contributed by atoms with Gasteiger partial charge in [-0.05, 0) is 44.5 Å². The van der Waals surface area contributed by atoms with E-state index in [1.807, 2.05) is 0 Å². The Bertz CT molecular complexity index is 1400. The van der Waals surface area contributed by atoms with Crippen molar-refractivity contribution in [2.75, 3.05) is 40.5 Å².